The molecule has 1 fully saturated rings. The summed E-state index contributed by atoms with van der Waals surface area (Å²) in [5.74, 6) is 2.20. The van der Waals surface area contributed by atoms with Crippen LogP contribution in [0.25, 0.3) is 0 Å². The number of benzene rings is 1. The number of piperidine rings is 1. The molecule has 1 aromatic carbocycles. The lowest BCUT2D eigenvalue weighted by molar-refractivity contribution is 0.0963. The van der Waals surface area contributed by atoms with E-state index in [-0.39, 0.29) is 12.1 Å². The number of rotatable bonds is 7. The summed E-state index contributed by atoms with van der Waals surface area (Å²) in [5.41, 5.74) is 1.07. The predicted molar refractivity (Wildman–Crippen MR) is 109 cm³/mol. The van der Waals surface area contributed by atoms with Gasteiger partial charge in [-0.2, -0.15) is 0 Å². The second-order valence-electron chi connectivity index (χ2n) is 6.45. The van der Waals surface area contributed by atoms with Crippen molar-refractivity contribution in [1.82, 2.24) is 15.5 Å². The maximum absolute atomic E-state index is 11.8. The molecule has 0 spiro atoms. The Balaban J connectivity index is 1.83. The zero-order valence-electron chi connectivity index (χ0n) is 17.3. The van der Waals surface area contributed by atoms with Gasteiger partial charge < -0.3 is 29.7 Å². The lowest BCUT2D eigenvalue weighted by Gasteiger charge is -2.32. The molecule has 156 valence electrons. The molecule has 1 saturated heterocycles. The van der Waals surface area contributed by atoms with Gasteiger partial charge >= 0.3 is 6.09 Å². The molecular formula is C20H32N4O4. The Morgan fingerprint density at radius 1 is 1.21 bits per heavy atom. The van der Waals surface area contributed by atoms with Crippen LogP contribution in [0.5, 0.6) is 11.5 Å². The number of carbonyl (C=O) groups is 1. The summed E-state index contributed by atoms with van der Waals surface area (Å²) >= 11 is 0. The smallest absolute Gasteiger partial charge is 0.409 e. The summed E-state index contributed by atoms with van der Waals surface area (Å²) in [6.07, 6.45) is 1.49. The molecule has 28 heavy (non-hydrogen) atoms. The highest BCUT2D eigenvalue weighted by atomic mass is 16.6. The van der Waals surface area contributed by atoms with Crippen LogP contribution in [0.4, 0.5) is 4.79 Å². The first-order valence-corrected chi connectivity index (χ1v) is 9.79. The fourth-order valence-electron chi connectivity index (χ4n) is 3.09. The largest absolute Gasteiger partial charge is 0.493 e. The highest BCUT2D eigenvalue weighted by Crippen LogP contribution is 2.27. The van der Waals surface area contributed by atoms with E-state index in [2.05, 4.69) is 15.6 Å². The van der Waals surface area contributed by atoms with E-state index in [1.54, 1.807) is 19.1 Å². The van der Waals surface area contributed by atoms with Crippen LogP contribution in [0.15, 0.2) is 23.2 Å². The van der Waals surface area contributed by atoms with Crippen LogP contribution < -0.4 is 20.1 Å². The van der Waals surface area contributed by atoms with Gasteiger partial charge in [0.25, 0.3) is 0 Å². The average molecular weight is 393 g/mol. The predicted octanol–water partition coefficient (Wildman–Crippen LogP) is 2.38. The van der Waals surface area contributed by atoms with Crippen LogP contribution in [0.2, 0.25) is 0 Å². The Morgan fingerprint density at radius 2 is 1.96 bits per heavy atom. The molecular weight excluding hydrogens is 360 g/mol. The topological polar surface area (TPSA) is 84.4 Å². The summed E-state index contributed by atoms with van der Waals surface area (Å²) in [6.45, 7) is 6.75. The van der Waals surface area contributed by atoms with Gasteiger partial charge in [-0.1, -0.05) is 6.07 Å². The average Bonchev–Trinajstić information content (AvgIpc) is 2.72. The minimum Gasteiger partial charge on any atom is -0.493 e. The molecule has 1 amide bonds. The zero-order valence-corrected chi connectivity index (χ0v) is 17.3. The molecule has 1 aliphatic heterocycles. The van der Waals surface area contributed by atoms with Crippen molar-refractivity contribution < 1.29 is 19.0 Å². The van der Waals surface area contributed by atoms with E-state index >= 15 is 0 Å². The first kappa shape index (κ1) is 21.7. The van der Waals surface area contributed by atoms with Crippen LogP contribution in [0.3, 0.4) is 0 Å². The fourth-order valence-corrected chi connectivity index (χ4v) is 3.09. The highest BCUT2D eigenvalue weighted by Gasteiger charge is 2.24. The standard InChI is InChI=1S/C20H32N4O4/c1-5-27-17-8-7-15(13-18(17)26-4)14-22-19(21-3)23-16-9-11-24(12-10-16)20(25)28-6-2/h7-8,13,16H,5-6,9-12,14H2,1-4H3,(H2,21,22,23). The van der Waals surface area contributed by atoms with E-state index in [4.69, 9.17) is 14.2 Å². The Hall–Kier alpha value is -2.64. The quantitative estimate of drug-likeness (QED) is 0.548. The van der Waals surface area contributed by atoms with E-state index in [1.807, 2.05) is 32.0 Å². The lowest BCUT2D eigenvalue weighted by Crippen LogP contribution is -2.49. The number of carbonyl (C=O) groups excluding carboxylic acids is 1. The molecule has 1 aromatic rings. The van der Waals surface area contributed by atoms with Gasteiger partial charge in [0.05, 0.1) is 20.3 Å². The zero-order chi connectivity index (χ0) is 20.4. The van der Waals surface area contributed by atoms with Gasteiger partial charge in [0.15, 0.2) is 17.5 Å². The van der Waals surface area contributed by atoms with Crippen LogP contribution in [0, 0.1) is 0 Å². The Labute approximate surface area is 167 Å². The third kappa shape index (κ3) is 6.21. The van der Waals surface area contributed by atoms with E-state index in [1.165, 1.54) is 0 Å². The first-order valence-electron chi connectivity index (χ1n) is 9.79. The van der Waals surface area contributed by atoms with Crippen molar-refractivity contribution in [3.63, 3.8) is 0 Å². The van der Waals surface area contributed by atoms with Crippen molar-refractivity contribution in [3.8, 4) is 11.5 Å². The Morgan fingerprint density at radius 3 is 2.57 bits per heavy atom. The van der Waals surface area contributed by atoms with E-state index in [9.17, 15) is 4.79 Å². The number of nitrogens with zero attached hydrogens (tertiary/aromatic N) is 2. The molecule has 2 rings (SSSR count). The van der Waals surface area contributed by atoms with E-state index < -0.39 is 0 Å². The normalized spacial score (nSPS) is 15.1. The number of methoxy groups -OCH3 is 1. The molecule has 0 bridgehead atoms. The number of ether oxygens (including phenoxy) is 3. The van der Waals surface area contributed by atoms with Crippen LogP contribution in [-0.2, 0) is 11.3 Å². The highest BCUT2D eigenvalue weighted by molar-refractivity contribution is 5.80. The van der Waals surface area contributed by atoms with Gasteiger partial charge in [-0.3, -0.25) is 4.99 Å². The van der Waals surface area contributed by atoms with Gasteiger partial charge in [-0.15, -0.1) is 0 Å². The number of likely N-dealkylation sites (tertiary alicyclic amines) is 1. The van der Waals surface area contributed by atoms with Crippen molar-refractivity contribution >= 4 is 12.1 Å². The summed E-state index contributed by atoms with van der Waals surface area (Å²) in [7, 11) is 3.39. The monoisotopic (exact) mass is 392 g/mol. The van der Waals surface area contributed by atoms with Gasteiger partial charge in [-0.05, 0) is 44.4 Å². The summed E-state index contributed by atoms with van der Waals surface area (Å²) in [6, 6.07) is 6.15. The maximum Gasteiger partial charge on any atom is 0.409 e. The summed E-state index contributed by atoms with van der Waals surface area (Å²) < 4.78 is 16.0. The molecule has 0 atom stereocenters. The number of aliphatic imine (C=N–C) groups is 1. The molecule has 0 aromatic heterocycles. The minimum atomic E-state index is -0.229. The molecule has 2 N–H and O–H groups in total. The number of hydrogen-bond acceptors (Lipinski definition) is 5. The second-order valence-corrected chi connectivity index (χ2v) is 6.45. The third-order valence-corrected chi connectivity index (χ3v) is 4.57. The molecule has 8 nitrogen and oxygen atoms in total. The lowest BCUT2D eigenvalue weighted by atomic mass is 10.1. The fraction of sp³-hybridized carbons (Fsp3) is 0.600. The van der Waals surface area contributed by atoms with Gasteiger partial charge in [0.1, 0.15) is 0 Å². The minimum absolute atomic E-state index is 0.229. The molecule has 0 unspecified atom stereocenters. The SMILES string of the molecule is CCOC(=O)N1CCC(NC(=NC)NCc2ccc(OCC)c(OC)c2)CC1. The van der Waals surface area contributed by atoms with Crippen molar-refractivity contribution in [2.45, 2.75) is 39.3 Å². The number of nitrogens with one attached hydrogen (secondary N) is 2. The summed E-state index contributed by atoms with van der Waals surface area (Å²) in [4.78, 5) is 17.8. The Kier molecular flexibility index (Phi) is 8.71. The van der Waals surface area contributed by atoms with Crippen molar-refractivity contribution in [3.05, 3.63) is 23.8 Å². The van der Waals surface area contributed by atoms with Gasteiger partial charge in [0, 0.05) is 32.7 Å². The Bertz CT molecular complexity index is 658. The molecule has 0 saturated carbocycles. The van der Waals surface area contributed by atoms with E-state index in [0.717, 1.165) is 35.9 Å². The van der Waals surface area contributed by atoms with Crippen molar-refractivity contribution in [2.75, 3.05) is 40.5 Å². The van der Waals surface area contributed by atoms with Gasteiger partial charge in [0.2, 0.25) is 0 Å². The molecule has 0 radical (unpaired) electrons. The molecule has 1 aliphatic rings. The third-order valence-electron chi connectivity index (χ3n) is 4.57. The molecule has 1 heterocycles. The van der Waals surface area contributed by atoms with Crippen molar-refractivity contribution in [2.24, 2.45) is 4.99 Å². The number of guanidine groups is 1. The summed E-state index contributed by atoms with van der Waals surface area (Å²) in [5, 5.41) is 6.76. The maximum atomic E-state index is 11.8. The van der Waals surface area contributed by atoms with Crippen LogP contribution in [0.1, 0.15) is 32.3 Å². The molecule has 0 aliphatic carbocycles. The number of hydrogen-bond donors (Lipinski definition) is 2. The first-order chi connectivity index (χ1) is 13.6. The second kappa shape index (κ2) is 11.3. The van der Waals surface area contributed by atoms with Crippen LogP contribution >= 0.6 is 0 Å². The number of amides is 1. The van der Waals surface area contributed by atoms with Crippen molar-refractivity contribution in [1.29, 1.82) is 0 Å². The van der Waals surface area contributed by atoms with Crippen LogP contribution in [-0.4, -0.2) is 63.5 Å². The molecule has 8 heteroatoms. The van der Waals surface area contributed by atoms with E-state index in [0.29, 0.717) is 32.8 Å². The van der Waals surface area contributed by atoms with Gasteiger partial charge in [-0.25, -0.2) is 4.79 Å².